The number of halogens is 1. The van der Waals surface area contributed by atoms with Gasteiger partial charge in [0.1, 0.15) is 5.82 Å². The van der Waals surface area contributed by atoms with Crippen LogP contribution in [-0.2, 0) is 6.54 Å². The van der Waals surface area contributed by atoms with Gasteiger partial charge in [-0.2, -0.15) is 0 Å². The predicted molar refractivity (Wildman–Crippen MR) is 77.7 cm³/mol. The summed E-state index contributed by atoms with van der Waals surface area (Å²) in [5.74, 6) is -0.214. The molecule has 1 fully saturated rings. The third-order valence-electron chi connectivity index (χ3n) is 3.81. The molecule has 0 radical (unpaired) electrons. The van der Waals surface area contributed by atoms with Crippen LogP contribution in [0.4, 0.5) is 4.39 Å². The van der Waals surface area contributed by atoms with Gasteiger partial charge in [-0.3, -0.25) is 4.90 Å². The van der Waals surface area contributed by atoms with Crippen LogP contribution >= 0.6 is 0 Å². The SMILES string of the molecule is O[C@H]1CCN(Cc2ccccc2-c2ccc(F)cc2)C1. The number of rotatable bonds is 3. The molecule has 1 saturated heterocycles. The van der Waals surface area contributed by atoms with Crippen LogP contribution in [0, 0.1) is 5.82 Å². The van der Waals surface area contributed by atoms with Gasteiger partial charge in [-0.1, -0.05) is 36.4 Å². The zero-order chi connectivity index (χ0) is 13.9. The van der Waals surface area contributed by atoms with Crippen molar-refractivity contribution in [3.8, 4) is 11.1 Å². The number of hydrogen-bond acceptors (Lipinski definition) is 2. The standard InChI is InChI=1S/C17H18FNO/c18-15-7-5-13(6-8-15)17-4-2-1-3-14(17)11-19-10-9-16(20)12-19/h1-8,16,20H,9-12H2/t16-/m0/s1. The summed E-state index contributed by atoms with van der Waals surface area (Å²) in [6, 6.07) is 14.8. The molecule has 1 aliphatic heterocycles. The summed E-state index contributed by atoms with van der Waals surface area (Å²) in [7, 11) is 0. The van der Waals surface area contributed by atoms with Crippen molar-refractivity contribution in [2.75, 3.05) is 13.1 Å². The van der Waals surface area contributed by atoms with E-state index in [4.69, 9.17) is 0 Å². The molecule has 1 heterocycles. The van der Waals surface area contributed by atoms with E-state index in [2.05, 4.69) is 17.0 Å². The van der Waals surface area contributed by atoms with Crippen LogP contribution in [0.5, 0.6) is 0 Å². The van der Waals surface area contributed by atoms with E-state index < -0.39 is 0 Å². The highest BCUT2D eigenvalue weighted by Crippen LogP contribution is 2.26. The summed E-state index contributed by atoms with van der Waals surface area (Å²) in [5, 5.41) is 9.61. The number of nitrogens with zero attached hydrogens (tertiary/aromatic N) is 1. The molecule has 0 spiro atoms. The molecule has 2 nitrogen and oxygen atoms in total. The second-order valence-electron chi connectivity index (χ2n) is 5.34. The molecule has 1 aliphatic rings. The van der Waals surface area contributed by atoms with Crippen molar-refractivity contribution in [2.24, 2.45) is 0 Å². The topological polar surface area (TPSA) is 23.5 Å². The van der Waals surface area contributed by atoms with Gasteiger partial charge in [-0.25, -0.2) is 4.39 Å². The lowest BCUT2D eigenvalue weighted by atomic mass is 9.99. The summed E-state index contributed by atoms with van der Waals surface area (Å²) < 4.78 is 13.0. The van der Waals surface area contributed by atoms with Crippen LogP contribution in [0.1, 0.15) is 12.0 Å². The fraction of sp³-hybridized carbons (Fsp3) is 0.294. The van der Waals surface area contributed by atoms with E-state index in [0.717, 1.165) is 37.2 Å². The molecule has 0 amide bonds. The van der Waals surface area contributed by atoms with E-state index >= 15 is 0 Å². The van der Waals surface area contributed by atoms with Gasteiger partial charge in [0, 0.05) is 19.6 Å². The Morgan fingerprint density at radius 3 is 2.55 bits per heavy atom. The number of aliphatic hydroxyl groups is 1. The molecule has 0 aromatic heterocycles. The molecule has 0 aliphatic carbocycles. The van der Waals surface area contributed by atoms with Gasteiger partial charge < -0.3 is 5.11 Å². The highest BCUT2D eigenvalue weighted by atomic mass is 19.1. The first-order valence-electron chi connectivity index (χ1n) is 6.96. The Morgan fingerprint density at radius 1 is 1.10 bits per heavy atom. The maximum absolute atomic E-state index is 13.0. The first-order valence-corrected chi connectivity index (χ1v) is 6.96. The summed E-state index contributed by atoms with van der Waals surface area (Å²) >= 11 is 0. The lowest BCUT2D eigenvalue weighted by molar-refractivity contribution is 0.175. The van der Waals surface area contributed by atoms with Crippen molar-refractivity contribution in [2.45, 2.75) is 19.1 Å². The normalized spacial score (nSPS) is 19.4. The van der Waals surface area contributed by atoms with Crippen LogP contribution < -0.4 is 0 Å². The molecular weight excluding hydrogens is 253 g/mol. The summed E-state index contributed by atoms with van der Waals surface area (Å²) in [6.07, 6.45) is 0.645. The summed E-state index contributed by atoms with van der Waals surface area (Å²) in [6.45, 7) is 2.49. The minimum atomic E-state index is -0.214. The molecule has 1 atom stereocenters. The van der Waals surface area contributed by atoms with Crippen LogP contribution in [0.15, 0.2) is 48.5 Å². The van der Waals surface area contributed by atoms with Gasteiger partial charge in [0.15, 0.2) is 0 Å². The van der Waals surface area contributed by atoms with Crippen molar-refractivity contribution in [3.05, 3.63) is 59.9 Å². The fourth-order valence-electron chi connectivity index (χ4n) is 2.77. The first kappa shape index (κ1) is 13.3. The van der Waals surface area contributed by atoms with Crippen molar-refractivity contribution >= 4 is 0 Å². The molecule has 2 aromatic rings. The van der Waals surface area contributed by atoms with E-state index in [1.165, 1.54) is 17.7 Å². The van der Waals surface area contributed by atoms with Crippen molar-refractivity contribution in [3.63, 3.8) is 0 Å². The Kier molecular flexibility index (Phi) is 3.81. The third-order valence-corrected chi connectivity index (χ3v) is 3.81. The largest absolute Gasteiger partial charge is 0.392 e. The summed E-state index contributed by atoms with van der Waals surface area (Å²) in [4.78, 5) is 2.26. The molecule has 1 N–H and O–H groups in total. The Hall–Kier alpha value is -1.71. The van der Waals surface area contributed by atoms with Gasteiger partial charge >= 0.3 is 0 Å². The van der Waals surface area contributed by atoms with Crippen LogP contribution in [-0.4, -0.2) is 29.2 Å². The fourth-order valence-corrected chi connectivity index (χ4v) is 2.77. The van der Waals surface area contributed by atoms with Crippen LogP contribution in [0.3, 0.4) is 0 Å². The average Bonchev–Trinajstić information content (AvgIpc) is 2.86. The van der Waals surface area contributed by atoms with Crippen LogP contribution in [0.25, 0.3) is 11.1 Å². The zero-order valence-corrected chi connectivity index (χ0v) is 11.3. The van der Waals surface area contributed by atoms with Crippen molar-refractivity contribution in [1.82, 2.24) is 4.90 Å². The molecule has 0 saturated carbocycles. The first-order chi connectivity index (χ1) is 9.72. The molecule has 20 heavy (non-hydrogen) atoms. The van der Waals surface area contributed by atoms with Gasteiger partial charge in [0.05, 0.1) is 6.10 Å². The highest BCUT2D eigenvalue weighted by Gasteiger charge is 2.20. The van der Waals surface area contributed by atoms with E-state index in [0.29, 0.717) is 0 Å². The Bertz CT molecular complexity index is 582. The van der Waals surface area contributed by atoms with E-state index in [1.807, 2.05) is 24.3 Å². The van der Waals surface area contributed by atoms with Crippen molar-refractivity contribution in [1.29, 1.82) is 0 Å². The van der Waals surface area contributed by atoms with Gasteiger partial charge in [0.2, 0.25) is 0 Å². The number of β-amino-alcohol motifs (C(OH)–C–C–N with tert-alkyl or cyclic N) is 1. The quantitative estimate of drug-likeness (QED) is 0.927. The smallest absolute Gasteiger partial charge is 0.123 e. The Balaban J connectivity index is 1.86. The van der Waals surface area contributed by atoms with E-state index in [1.54, 1.807) is 0 Å². The Labute approximate surface area is 118 Å². The van der Waals surface area contributed by atoms with Gasteiger partial charge in [-0.05, 0) is 35.2 Å². The minimum Gasteiger partial charge on any atom is -0.392 e. The minimum absolute atomic E-state index is 0.201. The molecule has 0 unspecified atom stereocenters. The number of benzene rings is 2. The number of likely N-dealkylation sites (tertiary alicyclic amines) is 1. The number of hydrogen-bond donors (Lipinski definition) is 1. The molecular formula is C17H18FNO. The maximum Gasteiger partial charge on any atom is 0.123 e. The predicted octanol–water partition coefficient (Wildman–Crippen LogP) is 3.06. The zero-order valence-electron chi connectivity index (χ0n) is 11.3. The second-order valence-corrected chi connectivity index (χ2v) is 5.34. The molecule has 3 rings (SSSR count). The summed E-state index contributed by atoms with van der Waals surface area (Å²) in [5.41, 5.74) is 3.38. The second kappa shape index (κ2) is 5.73. The van der Waals surface area contributed by atoms with E-state index in [9.17, 15) is 9.50 Å². The lowest BCUT2D eigenvalue weighted by Gasteiger charge is -2.17. The van der Waals surface area contributed by atoms with Gasteiger partial charge in [0.25, 0.3) is 0 Å². The van der Waals surface area contributed by atoms with Gasteiger partial charge in [-0.15, -0.1) is 0 Å². The molecule has 2 aromatic carbocycles. The average molecular weight is 271 g/mol. The van der Waals surface area contributed by atoms with Crippen molar-refractivity contribution < 1.29 is 9.50 Å². The molecule has 0 bridgehead atoms. The Morgan fingerprint density at radius 2 is 1.85 bits per heavy atom. The highest BCUT2D eigenvalue weighted by molar-refractivity contribution is 5.67. The monoisotopic (exact) mass is 271 g/mol. The third kappa shape index (κ3) is 2.89. The molecule has 104 valence electrons. The van der Waals surface area contributed by atoms with E-state index in [-0.39, 0.29) is 11.9 Å². The number of aliphatic hydroxyl groups excluding tert-OH is 1. The lowest BCUT2D eigenvalue weighted by Crippen LogP contribution is -2.21. The molecule has 3 heteroatoms. The van der Waals surface area contributed by atoms with Crippen LogP contribution in [0.2, 0.25) is 0 Å². The maximum atomic E-state index is 13.0.